The van der Waals surface area contributed by atoms with E-state index < -0.39 is 17.9 Å². The molecule has 4 aromatic carbocycles. The summed E-state index contributed by atoms with van der Waals surface area (Å²) < 4.78 is 13.6. The smallest absolute Gasteiger partial charge is 0.321 e. The maximum absolute atomic E-state index is 14.2. The highest BCUT2D eigenvalue weighted by Crippen LogP contribution is 2.42. The van der Waals surface area contributed by atoms with Gasteiger partial charge >= 0.3 is 5.97 Å². The summed E-state index contributed by atoms with van der Waals surface area (Å²) in [4.78, 5) is 34.2. The first-order chi connectivity index (χ1) is 19.1. The van der Waals surface area contributed by atoms with Crippen LogP contribution in [0, 0.1) is 5.92 Å². The summed E-state index contributed by atoms with van der Waals surface area (Å²) in [5.41, 5.74) is 3.25. The van der Waals surface area contributed by atoms with E-state index in [1.807, 2.05) is 114 Å². The number of nitrogens with zero attached hydrogens (tertiary/aromatic N) is 3. The summed E-state index contributed by atoms with van der Waals surface area (Å²) >= 11 is 0. The molecule has 0 aliphatic carbocycles. The van der Waals surface area contributed by atoms with E-state index in [0.717, 1.165) is 22.2 Å². The number of para-hydroxylation sites is 3. The van der Waals surface area contributed by atoms with Gasteiger partial charge < -0.3 is 14.0 Å². The summed E-state index contributed by atoms with van der Waals surface area (Å²) in [5, 5.41) is 0. The largest absolute Gasteiger partial charge is 0.465 e. The van der Waals surface area contributed by atoms with Crippen molar-refractivity contribution in [3.05, 3.63) is 120 Å². The van der Waals surface area contributed by atoms with Crippen molar-refractivity contribution in [3.63, 3.8) is 0 Å². The van der Waals surface area contributed by atoms with Crippen LogP contribution in [0.1, 0.15) is 24.1 Å². The number of esters is 1. The van der Waals surface area contributed by atoms with Crippen molar-refractivity contribution in [2.75, 3.05) is 11.5 Å². The third-order valence-corrected chi connectivity index (χ3v) is 6.85. The van der Waals surface area contributed by atoms with Crippen molar-refractivity contribution in [1.29, 1.82) is 0 Å². The van der Waals surface area contributed by atoms with Gasteiger partial charge in [0.15, 0.2) is 5.92 Å². The number of imidazole rings is 1. The number of carbonyl (C=O) groups is 2. The lowest BCUT2D eigenvalue weighted by atomic mass is 9.89. The molecule has 0 saturated carbocycles. The van der Waals surface area contributed by atoms with Crippen molar-refractivity contribution < 1.29 is 19.1 Å². The fourth-order valence-electron chi connectivity index (χ4n) is 5.15. The van der Waals surface area contributed by atoms with Crippen LogP contribution in [0.2, 0.25) is 0 Å². The zero-order valence-electron chi connectivity index (χ0n) is 21.4. The number of amides is 1. The molecule has 1 aromatic heterocycles. The Morgan fingerprint density at radius 2 is 1.54 bits per heavy atom. The second kappa shape index (κ2) is 10.5. The van der Waals surface area contributed by atoms with Crippen molar-refractivity contribution >= 4 is 28.9 Å². The summed E-state index contributed by atoms with van der Waals surface area (Å²) in [6.45, 7) is 2.19. The van der Waals surface area contributed by atoms with Gasteiger partial charge in [0.2, 0.25) is 11.9 Å². The Labute approximate surface area is 226 Å². The van der Waals surface area contributed by atoms with Gasteiger partial charge in [0.1, 0.15) is 11.5 Å². The molecular formula is C32H27N3O4. The maximum Gasteiger partial charge on any atom is 0.321 e. The van der Waals surface area contributed by atoms with E-state index in [4.69, 9.17) is 14.5 Å². The van der Waals surface area contributed by atoms with Gasteiger partial charge in [-0.3, -0.25) is 14.5 Å². The molecule has 0 saturated heterocycles. The lowest BCUT2D eigenvalue weighted by Crippen LogP contribution is -2.49. The Kier molecular flexibility index (Phi) is 6.55. The first kappa shape index (κ1) is 24.4. The van der Waals surface area contributed by atoms with Gasteiger partial charge in [-0.1, -0.05) is 72.8 Å². The first-order valence-corrected chi connectivity index (χ1v) is 13.0. The predicted molar refractivity (Wildman–Crippen MR) is 149 cm³/mol. The molecule has 7 heteroatoms. The van der Waals surface area contributed by atoms with Crippen LogP contribution in [0.25, 0.3) is 11.0 Å². The minimum atomic E-state index is -1.11. The van der Waals surface area contributed by atoms with Crippen molar-refractivity contribution in [1.82, 2.24) is 9.55 Å². The minimum Gasteiger partial charge on any atom is -0.465 e. The zero-order chi connectivity index (χ0) is 26.8. The van der Waals surface area contributed by atoms with E-state index in [9.17, 15) is 9.59 Å². The molecule has 0 bridgehead atoms. The normalized spacial score (nSPS) is 16.6. The molecule has 194 valence electrons. The monoisotopic (exact) mass is 517 g/mol. The van der Waals surface area contributed by atoms with E-state index in [-0.39, 0.29) is 19.1 Å². The second-order valence-corrected chi connectivity index (χ2v) is 9.34. The van der Waals surface area contributed by atoms with Crippen LogP contribution in [0.3, 0.4) is 0 Å². The molecule has 0 N–H and O–H groups in total. The molecule has 1 aliphatic rings. The van der Waals surface area contributed by atoms with E-state index >= 15 is 0 Å². The SMILES string of the molecule is CCOC(=O)[C@@H]1C(=O)N(Cc2ccccc2)c2nc3ccccc3n2[C@H]1c1cccc(Oc2ccccc2)c1. The first-order valence-electron chi connectivity index (χ1n) is 13.0. The van der Waals surface area contributed by atoms with E-state index in [0.29, 0.717) is 17.4 Å². The van der Waals surface area contributed by atoms with Gasteiger partial charge in [-0.25, -0.2) is 4.98 Å². The quantitative estimate of drug-likeness (QED) is 0.191. The molecule has 0 fully saturated rings. The van der Waals surface area contributed by atoms with E-state index in [1.165, 1.54) is 0 Å². The molecule has 7 nitrogen and oxygen atoms in total. The summed E-state index contributed by atoms with van der Waals surface area (Å²) in [6.07, 6.45) is 0. The number of rotatable bonds is 7. The Bertz CT molecular complexity index is 1630. The summed E-state index contributed by atoms with van der Waals surface area (Å²) in [7, 11) is 0. The molecule has 1 aliphatic heterocycles. The highest BCUT2D eigenvalue weighted by atomic mass is 16.5. The third kappa shape index (κ3) is 4.63. The van der Waals surface area contributed by atoms with Crippen LogP contribution in [-0.4, -0.2) is 28.0 Å². The van der Waals surface area contributed by atoms with E-state index in [2.05, 4.69) is 0 Å². The Morgan fingerprint density at radius 1 is 0.846 bits per heavy atom. The van der Waals surface area contributed by atoms with Gasteiger partial charge in [-0.2, -0.15) is 0 Å². The molecular weight excluding hydrogens is 490 g/mol. The fraction of sp³-hybridized carbons (Fsp3) is 0.156. The summed E-state index contributed by atoms with van der Waals surface area (Å²) in [5.74, 6) is -0.232. The number of benzene rings is 4. The molecule has 2 atom stereocenters. The van der Waals surface area contributed by atoms with E-state index in [1.54, 1.807) is 11.8 Å². The molecule has 1 amide bonds. The molecule has 6 rings (SSSR count). The van der Waals surface area contributed by atoms with Crippen LogP contribution in [0.15, 0.2) is 109 Å². The minimum absolute atomic E-state index is 0.169. The number of hydrogen-bond acceptors (Lipinski definition) is 5. The Morgan fingerprint density at radius 3 is 2.31 bits per heavy atom. The molecule has 2 heterocycles. The van der Waals surface area contributed by atoms with Crippen LogP contribution >= 0.6 is 0 Å². The standard InChI is InChI=1S/C32H27N3O4/c1-2-38-31(37)28-29(23-14-11-17-25(20-23)39-24-15-7-4-8-16-24)35-27-19-10-9-18-26(27)33-32(35)34(30(28)36)21-22-12-5-3-6-13-22/h3-20,28-29H,2,21H2,1H3/t28-,29-/m0/s1. The average molecular weight is 518 g/mol. The topological polar surface area (TPSA) is 73.7 Å². The van der Waals surface area contributed by atoms with Gasteiger partial charge in [-0.05, 0) is 54.4 Å². The predicted octanol–water partition coefficient (Wildman–Crippen LogP) is 6.14. The number of ether oxygens (including phenoxy) is 2. The second-order valence-electron chi connectivity index (χ2n) is 9.34. The molecule has 0 radical (unpaired) electrons. The van der Waals surface area contributed by atoms with Crippen LogP contribution in [0.5, 0.6) is 11.5 Å². The lowest BCUT2D eigenvalue weighted by Gasteiger charge is -2.38. The maximum atomic E-state index is 14.2. The van der Waals surface area contributed by atoms with Crippen LogP contribution in [0.4, 0.5) is 5.95 Å². The fourth-order valence-corrected chi connectivity index (χ4v) is 5.15. The van der Waals surface area contributed by atoms with Crippen molar-refractivity contribution in [2.24, 2.45) is 5.92 Å². The average Bonchev–Trinajstić information content (AvgIpc) is 3.35. The molecule has 39 heavy (non-hydrogen) atoms. The van der Waals surface area contributed by atoms with Crippen molar-refractivity contribution in [2.45, 2.75) is 19.5 Å². The molecule has 0 spiro atoms. The third-order valence-electron chi connectivity index (χ3n) is 6.85. The number of aromatic nitrogens is 2. The van der Waals surface area contributed by atoms with Crippen LogP contribution in [-0.2, 0) is 20.9 Å². The Hall–Kier alpha value is -4.91. The van der Waals surface area contributed by atoms with Gasteiger partial charge in [-0.15, -0.1) is 0 Å². The van der Waals surface area contributed by atoms with Crippen LogP contribution < -0.4 is 9.64 Å². The van der Waals surface area contributed by atoms with Crippen molar-refractivity contribution in [3.8, 4) is 11.5 Å². The zero-order valence-corrected chi connectivity index (χ0v) is 21.4. The number of fused-ring (bicyclic) bond motifs is 3. The molecule has 0 unspecified atom stereocenters. The highest BCUT2D eigenvalue weighted by Gasteiger charge is 2.48. The van der Waals surface area contributed by atoms with Gasteiger partial charge in [0, 0.05) is 0 Å². The molecule has 5 aromatic rings. The Balaban J connectivity index is 1.52. The van der Waals surface area contributed by atoms with Gasteiger partial charge in [0.25, 0.3) is 0 Å². The lowest BCUT2D eigenvalue weighted by molar-refractivity contribution is -0.153. The highest BCUT2D eigenvalue weighted by molar-refractivity contribution is 6.08. The number of hydrogen-bond donors (Lipinski definition) is 0. The number of carbonyl (C=O) groups excluding carboxylic acids is 2. The van der Waals surface area contributed by atoms with Gasteiger partial charge in [0.05, 0.1) is 30.2 Å². The number of anilines is 1. The summed E-state index contributed by atoms with van der Waals surface area (Å²) in [6, 6.07) is 33.7.